The Hall–Kier alpha value is -0.160. The molecular weight excluding hydrogens is 160 g/mol. The minimum absolute atomic E-state index is 0.0412. The highest BCUT2D eigenvalue weighted by Gasteiger charge is 2.35. The second kappa shape index (κ2) is 4.18. The zero-order chi connectivity index (χ0) is 9.14. The smallest absolute Gasteiger partial charge is 0.109 e. The Bertz CT molecular complexity index is 139. The molecule has 4 atom stereocenters. The van der Waals surface area contributed by atoms with Crippen LogP contribution in [0.3, 0.4) is 0 Å². The van der Waals surface area contributed by atoms with Crippen molar-refractivity contribution in [1.29, 1.82) is 0 Å². The van der Waals surface area contributed by atoms with Gasteiger partial charge in [0.1, 0.15) is 12.2 Å². The molecule has 1 fully saturated rings. The first-order chi connectivity index (χ1) is 5.69. The maximum Gasteiger partial charge on any atom is 0.109 e. The molecule has 0 radical (unpaired) electrons. The van der Waals surface area contributed by atoms with Gasteiger partial charge in [0.05, 0.1) is 18.8 Å². The summed E-state index contributed by atoms with van der Waals surface area (Å²) in [5, 5.41) is 27.5. The standard InChI is InChI=1S/C8H16O4/c1-2-5-3-6(10)8(11)7(4-9)12-5/h5-11H,2-4H2,1H3. The van der Waals surface area contributed by atoms with Crippen LogP contribution in [0, 0.1) is 0 Å². The van der Waals surface area contributed by atoms with E-state index >= 15 is 0 Å². The van der Waals surface area contributed by atoms with Gasteiger partial charge in [-0.15, -0.1) is 0 Å². The van der Waals surface area contributed by atoms with E-state index in [0.29, 0.717) is 6.42 Å². The van der Waals surface area contributed by atoms with Gasteiger partial charge >= 0.3 is 0 Å². The maximum absolute atomic E-state index is 9.34. The van der Waals surface area contributed by atoms with Crippen molar-refractivity contribution in [3.05, 3.63) is 0 Å². The Morgan fingerprint density at radius 2 is 2.08 bits per heavy atom. The summed E-state index contributed by atoms with van der Waals surface area (Å²) >= 11 is 0. The van der Waals surface area contributed by atoms with Gasteiger partial charge in [0.15, 0.2) is 0 Å². The zero-order valence-electron chi connectivity index (χ0n) is 7.18. The molecule has 1 aliphatic heterocycles. The number of hydrogen-bond acceptors (Lipinski definition) is 4. The fourth-order valence-corrected chi connectivity index (χ4v) is 1.45. The summed E-state index contributed by atoms with van der Waals surface area (Å²) in [5.74, 6) is 0. The molecule has 4 unspecified atom stereocenters. The van der Waals surface area contributed by atoms with E-state index in [1.807, 2.05) is 6.92 Å². The first-order valence-corrected chi connectivity index (χ1v) is 4.31. The second-order valence-electron chi connectivity index (χ2n) is 3.18. The normalized spacial score (nSPS) is 43.0. The molecule has 0 aromatic heterocycles. The molecule has 0 aromatic carbocycles. The van der Waals surface area contributed by atoms with Gasteiger partial charge in [0, 0.05) is 6.42 Å². The van der Waals surface area contributed by atoms with Gasteiger partial charge < -0.3 is 20.1 Å². The number of aliphatic hydroxyl groups excluding tert-OH is 3. The lowest BCUT2D eigenvalue weighted by molar-refractivity contribution is -0.179. The van der Waals surface area contributed by atoms with Crippen LogP contribution in [0.25, 0.3) is 0 Å². The Morgan fingerprint density at radius 1 is 1.42 bits per heavy atom. The fraction of sp³-hybridized carbons (Fsp3) is 1.00. The highest BCUT2D eigenvalue weighted by Crippen LogP contribution is 2.21. The summed E-state index contributed by atoms with van der Waals surface area (Å²) in [7, 11) is 0. The molecule has 1 rings (SSSR count). The number of aliphatic hydroxyl groups is 3. The van der Waals surface area contributed by atoms with Crippen molar-refractivity contribution in [1.82, 2.24) is 0 Å². The SMILES string of the molecule is CCC1CC(O)C(O)C(CO)O1. The Kier molecular flexibility index (Phi) is 3.46. The Balaban J connectivity index is 2.52. The molecule has 0 spiro atoms. The third-order valence-electron chi connectivity index (χ3n) is 2.28. The van der Waals surface area contributed by atoms with E-state index in [9.17, 15) is 10.2 Å². The van der Waals surface area contributed by atoms with Gasteiger partial charge in [0.25, 0.3) is 0 Å². The van der Waals surface area contributed by atoms with Crippen LogP contribution in [-0.4, -0.2) is 46.3 Å². The molecule has 12 heavy (non-hydrogen) atoms. The predicted molar refractivity (Wildman–Crippen MR) is 42.7 cm³/mol. The van der Waals surface area contributed by atoms with Crippen LogP contribution in [0.4, 0.5) is 0 Å². The molecule has 4 heteroatoms. The largest absolute Gasteiger partial charge is 0.394 e. The van der Waals surface area contributed by atoms with Crippen molar-refractivity contribution in [3.63, 3.8) is 0 Å². The monoisotopic (exact) mass is 176 g/mol. The van der Waals surface area contributed by atoms with Crippen molar-refractivity contribution in [3.8, 4) is 0 Å². The van der Waals surface area contributed by atoms with Crippen molar-refractivity contribution < 1.29 is 20.1 Å². The molecular formula is C8H16O4. The molecule has 1 heterocycles. The molecule has 0 aromatic rings. The van der Waals surface area contributed by atoms with Crippen LogP contribution in [0.2, 0.25) is 0 Å². The summed E-state index contributed by atoms with van der Waals surface area (Å²) in [6.45, 7) is 1.71. The molecule has 1 aliphatic rings. The Labute approximate surface area is 71.8 Å². The lowest BCUT2D eigenvalue weighted by Crippen LogP contribution is -2.49. The number of hydrogen-bond donors (Lipinski definition) is 3. The van der Waals surface area contributed by atoms with Crippen LogP contribution >= 0.6 is 0 Å². The summed E-state index contributed by atoms with van der Waals surface area (Å²) in [6, 6.07) is 0. The maximum atomic E-state index is 9.34. The van der Waals surface area contributed by atoms with Gasteiger partial charge in [-0.3, -0.25) is 0 Å². The summed E-state index contributed by atoms with van der Waals surface area (Å²) < 4.78 is 5.31. The topological polar surface area (TPSA) is 69.9 Å². The quantitative estimate of drug-likeness (QED) is 0.518. The van der Waals surface area contributed by atoms with E-state index in [2.05, 4.69) is 0 Å². The summed E-state index contributed by atoms with van der Waals surface area (Å²) in [4.78, 5) is 0. The van der Waals surface area contributed by atoms with Gasteiger partial charge in [-0.1, -0.05) is 6.92 Å². The minimum Gasteiger partial charge on any atom is -0.394 e. The molecule has 0 bridgehead atoms. The van der Waals surface area contributed by atoms with Gasteiger partial charge in [0.2, 0.25) is 0 Å². The highest BCUT2D eigenvalue weighted by atomic mass is 16.5. The van der Waals surface area contributed by atoms with Gasteiger partial charge in [-0.05, 0) is 6.42 Å². The van der Waals surface area contributed by atoms with E-state index in [-0.39, 0.29) is 12.7 Å². The third kappa shape index (κ3) is 1.95. The van der Waals surface area contributed by atoms with Crippen molar-refractivity contribution >= 4 is 0 Å². The van der Waals surface area contributed by atoms with Crippen molar-refractivity contribution in [2.45, 2.75) is 44.2 Å². The van der Waals surface area contributed by atoms with Crippen LogP contribution < -0.4 is 0 Å². The van der Waals surface area contributed by atoms with E-state index in [1.54, 1.807) is 0 Å². The molecule has 0 aliphatic carbocycles. The van der Waals surface area contributed by atoms with Crippen molar-refractivity contribution in [2.75, 3.05) is 6.61 Å². The molecule has 72 valence electrons. The molecule has 0 amide bonds. The average molecular weight is 176 g/mol. The number of ether oxygens (including phenoxy) is 1. The van der Waals surface area contributed by atoms with Crippen LogP contribution in [0.5, 0.6) is 0 Å². The van der Waals surface area contributed by atoms with Crippen LogP contribution in [0.1, 0.15) is 19.8 Å². The van der Waals surface area contributed by atoms with Crippen molar-refractivity contribution in [2.24, 2.45) is 0 Å². The third-order valence-corrected chi connectivity index (χ3v) is 2.28. The Morgan fingerprint density at radius 3 is 2.58 bits per heavy atom. The van der Waals surface area contributed by atoms with Crippen LogP contribution in [-0.2, 0) is 4.74 Å². The van der Waals surface area contributed by atoms with E-state index < -0.39 is 18.3 Å². The highest BCUT2D eigenvalue weighted by molar-refractivity contribution is 4.84. The van der Waals surface area contributed by atoms with E-state index in [0.717, 1.165) is 6.42 Å². The first kappa shape index (κ1) is 9.92. The lowest BCUT2D eigenvalue weighted by atomic mass is 9.97. The summed E-state index contributed by atoms with van der Waals surface area (Å²) in [6.07, 6.45) is -1.13. The minimum atomic E-state index is -0.946. The van der Waals surface area contributed by atoms with Crippen LogP contribution in [0.15, 0.2) is 0 Å². The predicted octanol–water partition coefficient (Wildman–Crippen LogP) is -0.732. The van der Waals surface area contributed by atoms with Gasteiger partial charge in [-0.2, -0.15) is 0 Å². The fourth-order valence-electron chi connectivity index (χ4n) is 1.45. The lowest BCUT2D eigenvalue weighted by Gasteiger charge is -2.35. The van der Waals surface area contributed by atoms with E-state index in [1.165, 1.54) is 0 Å². The van der Waals surface area contributed by atoms with Gasteiger partial charge in [-0.25, -0.2) is 0 Å². The number of rotatable bonds is 2. The molecule has 1 saturated heterocycles. The molecule has 4 nitrogen and oxygen atoms in total. The second-order valence-corrected chi connectivity index (χ2v) is 3.18. The molecule has 3 N–H and O–H groups in total. The first-order valence-electron chi connectivity index (χ1n) is 4.31. The molecule has 0 saturated carbocycles. The summed E-state index contributed by atoms with van der Waals surface area (Å²) in [5.41, 5.74) is 0. The average Bonchev–Trinajstić information content (AvgIpc) is 2.09. The van der Waals surface area contributed by atoms with E-state index in [4.69, 9.17) is 9.84 Å². The zero-order valence-corrected chi connectivity index (χ0v) is 7.18.